The molecule has 218 valence electrons. The van der Waals surface area contributed by atoms with Gasteiger partial charge >= 0.3 is 12.3 Å². The number of aromatic nitrogens is 3. The fourth-order valence-corrected chi connectivity index (χ4v) is 4.49. The van der Waals surface area contributed by atoms with E-state index in [1.165, 1.54) is 13.1 Å². The molecule has 1 saturated heterocycles. The van der Waals surface area contributed by atoms with E-state index in [2.05, 4.69) is 20.6 Å². The van der Waals surface area contributed by atoms with Gasteiger partial charge in [-0.15, -0.1) is 0 Å². The van der Waals surface area contributed by atoms with Gasteiger partial charge in [-0.1, -0.05) is 11.6 Å². The maximum Gasteiger partial charge on any atom is 0.410 e. The molecule has 15 heteroatoms. The molecule has 11 nitrogen and oxygen atoms in total. The Labute approximate surface area is 234 Å². The highest BCUT2D eigenvalue weighted by molar-refractivity contribution is 6.30. The van der Waals surface area contributed by atoms with Gasteiger partial charge in [-0.25, -0.2) is 19.7 Å². The van der Waals surface area contributed by atoms with E-state index in [1.807, 2.05) is 10.2 Å². The van der Waals surface area contributed by atoms with Gasteiger partial charge < -0.3 is 30.5 Å². The van der Waals surface area contributed by atoms with Crippen molar-refractivity contribution < 1.29 is 27.5 Å². The molecular weight excluding hydrogens is 553 g/mol. The van der Waals surface area contributed by atoms with E-state index < -0.39 is 36.4 Å². The second kappa shape index (κ2) is 11.5. The zero-order chi connectivity index (χ0) is 29.2. The predicted octanol–water partition coefficient (Wildman–Crippen LogP) is 3.62. The number of amides is 2. The molecule has 40 heavy (non-hydrogen) atoms. The lowest BCUT2D eigenvalue weighted by atomic mass is 10.0. The first-order valence-corrected chi connectivity index (χ1v) is 13.2. The van der Waals surface area contributed by atoms with Crippen molar-refractivity contribution in [3.8, 4) is 0 Å². The third-order valence-corrected chi connectivity index (χ3v) is 6.46. The number of alkyl halides is 3. The third-order valence-electron chi connectivity index (χ3n) is 6.25. The fraction of sp³-hybridized carbons (Fsp3) is 0.560. The maximum atomic E-state index is 12.6. The Kier molecular flexibility index (Phi) is 8.47. The van der Waals surface area contributed by atoms with Crippen LogP contribution in [0.2, 0.25) is 5.02 Å². The number of carbonyl (C=O) groups is 2. The molecule has 1 fully saturated rings. The van der Waals surface area contributed by atoms with Crippen LogP contribution >= 0.6 is 11.6 Å². The van der Waals surface area contributed by atoms with Crippen LogP contribution in [0.4, 0.5) is 35.4 Å². The van der Waals surface area contributed by atoms with Crippen LogP contribution in [0, 0.1) is 0 Å². The second-order valence-electron chi connectivity index (χ2n) is 10.6. The van der Waals surface area contributed by atoms with Crippen LogP contribution in [0.3, 0.4) is 0 Å². The molecular formula is C25H32ClF3N8O3. The smallest absolute Gasteiger partial charge is 0.410 e. The molecule has 2 aliphatic heterocycles. The number of piperazine rings is 1. The minimum atomic E-state index is -4.52. The van der Waals surface area contributed by atoms with Crippen LogP contribution < -0.4 is 20.9 Å². The molecule has 0 bridgehead atoms. The maximum absolute atomic E-state index is 12.6. The average molecular weight is 585 g/mol. The molecule has 2 aromatic rings. The number of nitrogens with one attached hydrogen (secondary N) is 3. The van der Waals surface area contributed by atoms with Gasteiger partial charge in [0.25, 0.3) is 0 Å². The van der Waals surface area contributed by atoms with Gasteiger partial charge in [-0.2, -0.15) is 13.2 Å². The van der Waals surface area contributed by atoms with Crippen LogP contribution in [-0.4, -0.2) is 88.9 Å². The summed E-state index contributed by atoms with van der Waals surface area (Å²) in [4.78, 5) is 42.1. The minimum absolute atomic E-state index is 0.271. The first kappa shape index (κ1) is 29.4. The lowest BCUT2D eigenvalue weighted by Crippen LogP contribution is -2.50. The van der Waals surface area contributed by atoms with Crippen molar-refractivity contribution in [2.75, 3.05) is 54.8 Å². The minimum Gasteiger partial charge on any atom is -0.444 e. The van der Waals surface area contributed by atoms with Crippen LogP contribution in [0.5, 0.6) is 0 Å². The summed E-state index contributed by atoms with van der Waals surface area (Å²) in [5, 5.41) is 8.45. The van der Waals surface area contributed by atoms with Crippen molar-refractivity contribution in [3.05, 3.63) is 34.7 Å². The van der Waals surface area contributed by atoms with Crippen LogP contribution in [0.15, 0.2) is 18.3 Å². The first-order valence-electron chi connectivity index (χ1n) is 12.8. The number of halogens is 4. The molecule has 1 unspecified atom stereocenters. The Morgan fingerprint density at radius 1 is 1.18 bits per heavy atom. The van der Waals surface area contributed by atoms with E-state index in [-0.39, 0.29) is 11.7 Å². The Bertz CT molecular complexity index is 1250. The van der Waals surface area contributed by atoms with Gasteiger partial charge in [0.1, 0.15) is 41.5 Å². The van der Waals surface area contributed by atoms with E-state index in [1.54, 1.807) is 37.8 Å². The standard InChI is InChI=1S/C25H32ClF3N8O3/c1-14(22(38)32-13-25(27,28)29)33-18-10-19(36-5-7-37(8-6-36)23(39)40-24(2,3)4)35-21(34-18)17-12-31-20-16(17)9-15(26)11-30-20/h9-11,14,17H,5-8,12-13H2,1-4H3,(H,30,31)(H,32,38)(H,33,34,35)/t14-,17?/m0/s1. The van der Waals surface area contributed by atoms with E-state index in [0.29, 0.717) is 55.2 Å². The normalized spacial score (nSPS) is 18.1. The molecule has 2 amide bonds. The summed E-state index contributed by atoms with van der Waals surface area (Å²) in [5.74, 6) is 0.764. The monoisotopic (exact) mass is 584 g/mol. The summed E-state index contributed by atoms with van der Waals surface area (Å²) in [6.45, 7) is 7.62. The third kappa shape index (κ3) is 7.55. The number of anilines is 3. The summed E-state index contributed by atoms with van der Waals surface area (Å²) in [6.07, 6.45) is -3.38. The molecule has 2 aromatic heterocycles. The Balaban J connectivity index is 1.57. The summed E-state index contributed by atoms with van der Waals surface area (Å²) < 4.78 is 43.2. The molecule has 4 heterocycles. The number of carbonyl (C=O) groups excluding carboxylic acids is 2. The number of hydrogen-bond donors (Lipinski definition) is 3. The molecule has 0 spiro atoms. The van der Waals surface area contributed by atoms with Gasteiger partial charge in [0.2, 0.25) is 5.91 Å². The number of fused-ring (bicyclic) bond motifs is 1. The first-order chi connectivity index (χ1) is 18.7. The van der Waals surface area contributed by atoms with Crippen LogP contribution in [0.1, 0.15) is 45.0 Å². The van der Waals surface area contributed by atoms with Crippen molar-refractivity contribution in [2.24, 2.45) is 0 Å². The topological polar surface area (TPSA) is 125 Å². The molecule has 0 aliphatic carbocycles. The molecule has 2 aliphatic rings. The predicted molar refractivity (Wildman–Crippen MR) is 144 cm³/mol. The van der Waals surface area contributed by atoms with Gasteiger partial charge in [0.05, 0.1) is 10.9 Å². The highest BCUT2D eigenvalue weighted by Gasteiger charge is 2.32. The molecule has 0 saturated carbocycles. The summed E-state index contributed by atoms with van der Waals surface area (Å²) in [7, 11) is 0. The summed E-state index contributed by atoms with van der Waals surface area (Å²) in [6, 6.07) is 2.41. The van der Waals surface area contributed by atoms with Gasteiger partial charge in [0, 0.05) is 50.6 Å². The second-order valence-corrected chi connectivity index (χ2v) is 11.1. The number of nitrogens with zero attached hydrogens (tertiary/aromatic N) is 5. The average Bonchev–Trinajstić information content (AvgIpc) is 3.28. The molecule has 4 rings (SSSR count). The van der Waals surface area contributed by atoms with Gasteiger partial charge in [-0.05, 0) is 33.8 Å². The largest absolute Gasteiger partial charge is 0.444 e. The number of ether oxygens (including phenoxy) is 1. The molecule has 2 atom stereocenters. The van der Waals surface area contributed by atoms with Crippen LogP contribution in [-0.2, 0) is 9.53 Å². The SMILES string of the molecule is C[C@H](Nc1cc(N2CCN(C(=O)OC(C)(C)C)CC2)nc(C2CNc3ncc(Cl)cc32)n1)C(=O)NCC(F)(F)F. The number of rotatable bonds is 6. The fourth-order valence-electron chi connectivity index (χ4n) is 4.32. The van der Waals surface area contributed by atoms with E-state index >= 15 is 0 Å². The zero-order valence-corrected chi connectivity index (χ0v) is 23.4. The van der Waals surface area contributed by atoms with Crippen molar-refractivity contribution in [1.82, 2.24) is 25.2 Å². The summed E-state index contributed by atoms with van der Waals surface area (Å²) in [5.41, 5.74) is 0.198. The van der Waals surface area contributed by atoms with Crippen molar-refractivity contribution in [3.63, 3.8) is 0 Å². The molecule has 0 aromatic carbocycles. The quantitative estimate of drug-likeness (QED) is 0.467. The summed E-state index contributed by atoms with van der Waals surface area (Å²) >= 11 is 6.19. The highest BCUT2D eigenvalue weighted by Crippen LogP contribution is 2.36. The molecule has 0 radical (unpaired) electrons. The van der Waals surface area contributed by atoms with Crippen LogP contribution in [0.25, 0.3) is 0 Å². The van der Waals surface area contributed by atoms with E-state index in [0.717, 1.165) is 5.56 Å². The number of pyridine rings is 1. The van der Waals surface area contributed by atoms with E-state index in [9.17, 15) is 22.8 Å². The van der Waals surface area contributed by atoms with E-state index in [4.69, 9.17) is 21.3 Å². The number of hydrogen-bond acceptors (Lipinski definition) is 9. The Morgan fingerprint density at radius 2 is 1.88 bits per heavy atom. The Morgan fingerprint density at radius 3 is 2.52 bits per heavy atom. The van der Waals surface area contributed by atoms with Crippen molar-refractivity contribution in [1.29, 1.82) is 0 Å². The Hall–Kier alpha value is -3.55. The van der Waals surface area contributed by atoms with Gasteiger partial charge in [-0.3, -0.25) is 4.79 Å². The molecule has 3 N–H and O–H groups in total. The zero-order valence-electron chi connectivity index (χ0n) is 22.6. The lowest BCUT2D eigenvalue weighted by Gasteiger charge is -2.36. The van der Waals surface area contributed by atoms with Gasteiger partial charge in [0.15, 0.2) is 0 Å². The highest BCUT2D eigenvalue weighted by atomic mass is 35.5. The van der Waals surface area contributed by atoms with Crippen molar-refractivity contribution >= 4 is 41.1 Å². The lowest BCUT2D eigenvalue weighted by molar-refractivity contribution is -0.138. The van der Waals surface area contributed by atoms with Crippen molar-refractivity contribution in [2.45, 2.75) is 51.4 Å².